The van der Waals surface area contributed by atoms with Crippen molar-refractivity contribution in [3.05, 3.63) is 54.1 Å². The lowest BCUT2D eigenvalue weighted by Crippen LogP contribution is -2.33. The zero-order chi connectivity index (χ0) is 18.6. The number of sulfone groups is 1. The molecule has 2 rings (SSSR count). The van der Waals surface area contributed by atoms with E-state index in [0.29, 0.717) is 18.8 Å². The SMILES string of the molecule is CCN(CC)C(=O)c1c(N(C)C)cccc1S(=O)(=O)c1ccccc1. The second-order valence-electron chi connectivity index (χ2n) is 5.84. The minimum Gasteiger partial charge on any atom is -0.377 e. The Morgan fingerprint density at radius 2 is 1.52 bits per heavy atom. The first kappa shape index (κ1) is 19.0. The summed E-state index contributed by atoms with van der Waals surface area (Å²) >= 11 is 0. The second kappa shape index (κ2) is 7.70. The Bertz CT molecular complexity index is 842. The summed E-state index contributed by atoms with van der Waals surface area (Å²) in [6.45, 7) is 4.79. The van der Waals surface area contributed by atoms with Gasteiger partial charge in [-0.05, 0) is 38.1 Å². The van der Waals surface area contributed by atoms with Crippen LogP contribution in [-0.2, 0) is 9.84 Å². The number of benzene rings is 2. The summed E-state index contributed by atoms with van der Waals surface area (Å²) in [7, 11) is -0.197. The second-order valence-corrected chi connectivity index (χ2v) is 7.76. The lowest BCUT2D eigenvalue weighted by molar-refractivity contribution is 0.0770. The van der Waals surface area contributed by atoms with E-state index in [4.69, 9.17) is 0 Å². The van der Waals surface area contributed by atoms with Crippen molar-refractivity contribution in [1.29, 1.82) is 0 Å². The molecule has 6 heteroatoms. The number of rotatable bonds is 6. The molecule has 5 nitrogen and oxygen atoms in total. The molecule has 0 unspecified atom stereocenters. The fourth-order valence-corrected chi connectivity index (χ4v) is 4.21. The Balaban J connectivity index is 2.75. The van der Waals surface area contributed by atoms with Gasteiger partial charge in [0.25, 0.3) is 5.91 Å². The Hall–Kier alpha value is -2.34. The maximum atomic E-state index is 13.1. The molecule has 2 aromatic rings. The third-order valence-electron chi connectivity index (χ3n) is 4.09. The molecule has 0 heterocycles. The number of hydrogen-bond donors (Lipinski definition) is 0. The molecule has 0 fully saturated rings. The van der Waals surface area contributed by atoms with Crippen molar-refractivity contribution in [3.8, 4) is 0 Å². The molecule has 0 aliphatic carbocycles. The van der Waals surface area contributed by atoms with Gasteiger partial charge in [0.1, 0.15) is 0 Å². The van der Waals surface area contributed by atoms with Gasteiger partial charge in [-0.2, -0.15) is 0 Å². The first-order chi connectivity index (χ1) is 11.8. The van der Waals surface area contributed by atoms with E-state index in [1.54, 1.807) is 66.4 Å². The molecule has 0 bridgehead atoms. The van der Waals surface area contributed by atoms with E-state index in [-0.39, 0.29) is 21.3 Å². The minimum absolute atomic E-state index is 0.0433. The monoisotopic (exact) mass is 360 g/mol. The predicted molar refractivity (Wildman–Crippen MR) is 99.9 cm³/mol. The molecule has 2 aromatic carbocycles. The molecule has 0 aromatic heterocycles. The number of hydrogen-bond acceptors (Lipinski definition) is 4. The molecule has 0 aliphatic heterocycles. The highest BCUT2D eigenvalue weighted by Crippen LogP contribution is 2.31. The highest BCUT2D eigenvalue weighted by atomic mass is 32.2. The van der Waals surface area contributed by atoms with Crippen LogP contribution in [0.15, 0.2) is 58.3 Å². The average molecular weight is 360 g/mol. The lowest BCUT2D eigenvalue weighted by Gasteiger charge is -2.25. The lowest BCUT2D eigenvalue weighted by atomic mass is 10.1. The maximum Gasteiger partial charge on any atom is 0.257 e. The Labute approximate surface area is 149 Å². The van der Waals surface area contributed by atoms with Gasteiger partial charge in [-0.3, -0.25) is 4.79 Å². The number of amides is 1. The van der Waals surface area contributed by atoms with E-state index < -0.39 is 9.84 Å². The topological polar surface area (TPSA) is 57.7 Å². The first-order valence-corrected chi connectivity index (χ1v) is 9.72. The summed E-state index contributed by atoms with van der Waals surface area (Å²) in [6.07, 6.45) is 0. The number of carbonyl (C=O) groups excluding carboxylic acids is 1. The summed E-state index contributed by atoms with van der Waals surface area (Å²) in [5.41, 5.74) is 0.814. The molecule has 0 saturated carbocycles. The largest absolute Gasteiger partial charge is 0.377 e. The number of carbonyl (C=O) groups is 1. The Kier molecular flexibility index (Phi) is 5.85. The van der Waals surface area contributed by atoms with Gasteiger partial charge in [0.15, 0.2) is 0 Å². The van der Waals surface area contributed by atoms with Crippen molar-refractivity contribution in [2.75, 3.05) is 32.1 Å². The van der Waals surface area contributed by atoms with Gasteiger partial charge in [0.2, 0.25) is 9.84 Å². The van der Waals surface area contributed by atoms with E-state index in [0.717, 1.165) is 0 Å². The minimum atomic E-state index is -3.79. The number of anilines is 1. The van der Waals surface area contributed by atoms with Gasteiger partial charge in [-0.25, -0.2) is 8.42 Å². The quantitative estimate of drug-likeness (QED) is 0.794. The molecule has 25 heavy (non-hydrogen) atoms. The van der Waals surface area contributed by atoms with E-state index in [2.05, 4.69) is 0 Å². The third-order valence-corrected chi connectivity index (χ3v) is 5.91. The van der Waals surface area contributed by atoms with Crippen LogP contribution in [0.1, 0.15) is 24.2 Å². The van der Waals surface area contributed by atoms with Crippen LogP contribution < -0.4 is 4.90 Å². The summed E-state index contributed by atoms with van der Waals surface area (Å²) in [6, 6.07) is 13.1. The van der Waals surface area contributed by atoms with E-state index in [1.165, 1.54) is 6.07 Å². The molecule has 0 spiro atoms. The van der Waals surface area contributed by atoms with Crippen molar-refractivity contribution in [2.24, 2.45) is 0 Å². The van der Waals surface area contributed by atoms with Crippen LogP contribution in [0, 0.1) is 0 Å². The summed E-state index contributed by atoms with van der Waals surface area (Å²) in [5, 5.41) is 0. The van der Waals surface area contributed by atoms with Gasteiger partial charge in [-0.1, -0.05) is 24.3 Å². The molecular weight excluding hydrogens is 336 g/mol. The van der Waals surface area contributed by atoms with Crippen molar-refractivity contribution in [3.63, 3.8) is 0 Å². The van der Waals surface area contributed by atoms with Crippen LogP contribution >= 0.6 is 0 Å². The van der Waals surface area contributed by atoms with Crippen molar-refractivity contribution in [1.82, 2.24) is 4.90 Å². The fraction of sp³-hybridized carbons (Fsp3) is 0.316. The molecule has 0 atom stereocenters. The van der Waals surface area contributed by atoms with Crippen molar-refractivity contribution >= 4 is 21.4 Å². The van der Waals surface area contributed by atoms with E-state index in [9.17, 15) is 13.2 Å². The Morgan fingerprint density at radius 3 is 2.04 bits per heavy atom. The molecule has 134 valence electrons. The highest BCUT2D eigenvalue weighted by molar-refractivity contribution is 7.91. The van der Waals surface area contributed by atoms with Crippen LogP contribution in [0.5, 0.6) is 0 Å². The van der Waals surface area contributed by atoms with E-state index in [1.807, 2.05) is 13.8 Å². The van der Waals surface area contributed by atoms with Crippen LogP contribution in [0.3, 0.4) is 0 Å². The molecule has 0 aliphatic rings. The zero-order valence-corrected chi connectivity index (χ0v) is 15.9. The van der Waals surface area contributed by atoms with Gasteiger partial charge >= 0.3 is 0 Å². The molecule has 0 radical (unpaired) electrons. The van der Waals surface area contributed by atoms with Gasteiger partial charge in [0, 0.05) is 27.2 Å². The van der Waals surface area contributed by atoms with Gasteiger partial charge in [-0.15, -0.1) is 0 Å². The average Bonchev–Trinajstić information content (AvgIpc) is 2.62. The summed E-state index contributed by atoms with van der Waals surface area (Å²) in [4.78, 5) is 16.7. The van der Waals surface area contributed by atoms with Crippen molar-refractivity contribution < 1.29 is 13.2 Å². The zero-order valence-electron chi connectivity index (χ0n) is 15.1. The first-order valence-electron chi connectivity index (χ1n) is 8.24. The smallest absolute Gasteiger partial charge is 0.257 e. The molecule has 1 amide bonds. The van der Waals surface area contributed by atoms with Crippen LogP contribution in [0.2, 0.25) is 0 Å². The van der Waals surface area contributed by atoms with Crippen LogP contribution in [0.4, 0.5) is 5.69 Å². The third kappa shape index (κ3) is 3.69. The maximum absolute atomic E-state index is 13.1. The van der Waals surface area contributed by atoms with Gasteiger partial charge in [0.05, 0.1) is 21.0 Å². The van der Waals surface area contributed by atoms with Crippen molar-refractivity contribution in [2.45, 2.75) is 23.6 Å². The standard InChI is InChI=1S/C19H24N2O3S/c1-5-21(6-2)19(22)18-16(20(3)4)13-10-14-17(18)25(23,24)15-11-8-7-9-12-15/h7-14H,5-6H2,1-4H3. The summed E-state index contributed by atoms with van der Waals surface area (Å²) in [5.74, 6) is -0.274. The molecule has 0 N–H and O–H groups in total. The fourth-order valence-electron chi connectivity index (χ4n) is 2.73. The Morgan fingerprint density at radius 1 is 0.920 bits per heavy atom. The van der Waals surface area contributed by atoms with Crippen LogP contribution in [-0.4, -0.2) is 46.4 Å². The molecule has 0 saturated heterocycles. The molecular formula is C19H24N2O3S. The number of nitrogens with zero attached hydrogens (tertiary/aromatic N) is 2. The van der Waals surface area contributed by atoms with Crippen LogP contribution in [0.25, 0.3) is 0 Å². The van der Waals surface area contributed by atoms with Gasteiger partial charge < -0.3 is 9.80 Å². The normalized spacial score (nSPS) is 11.2. The van der Waals surface area contributed by atoms with E-state index >= 15 is 0 Å². The highest BCUT2D eigenvalue weighted by Gasteiger charge is 2.29. The predicted octanol–water partition coefficient (Wildman–Crippen LogP) is 3.07. The summed E-state index contributed by atoms with van der Waals surface area (Å²) < 4.78 is 26.3.